The normalized spacial score (nSPS) is 10.5. The van der Waals surface area contributed by atoms with E-state index in [0.717, 1.165) is 17.1 Å². The Morgan fingerprint density at radius 1 is 1.11 bits per heavy atom. The van der Waals surface area contributed by atoms with Gasteiger partial charge in [0, 0.05) is 34.2 Å². The van der Waals surface area contributed by atoms with Gasteiger partial charge in [0.1, 0.15) is 5.75 Å². The summed E-state index contributed by atoms with van der Waals surface area (Å²) in [5.41, 5.74) is 8.31. The third kappa shape index (κ3) is 4.07. The summed E-state index contributed by atoms with van der Waals surface area (Å²) < 4.78 is 5.65. The van der Waals surface area contributed by atoms with E-state index in [4.69, 9.17) is 22.1 Å². The van der Waals surface area contributed by atoms with Crippen molar-refractivity contribution in [1.29, 1.82) is 0 Å². The molecule has 0 bridgehead atoms. The molecule has 19 heavy (non-hydrogen) atoms. The van der Waals surface area contributed by atoms with Crippen molar-refractivity contribution < 1.29 is 4.74 Å². The number of nitrogens with two attached hydrogens (primary N) is 1. The van der Waals surface area contributed by atoms with E-state index >= 15 is 0 Å². The highest BCUT2D eigenvalue weighted by Gasteiger charge is 2.03. The molecule has 0 saturated carbocycles. The molecule has 0 saturated heterocycles. The molecule has 0 unspecified atom stereocenters. The molecule has 2 rings (SSSR count). The van der Waals surface area contributed by atoms with Crippen LogP contribution < -0.4 is 15.8 Å². The Bertz CT molecular complexity index is 570. The van der Waals surface area contributed by atoms with Gasteiger partial charge in [0.25, 0.3) is 0 Å². The quantitative estimate of drug-likeness (QED) is 0.811. The van der Waals surface area contributed by atoms with Crippen LogP contribution in [0.3, 0.4) is 0 Å². The van der Waals surface area contributed by atoms with Gasteiger partial charge in [-0.25, -0.2) is 0 Å². The van der Waals surface area contributed by atoms with Crippen LogP contribution in [0.5, 0.6) is 5.75 Å². The van der Waals surface area contributed by atoms with Gasteiger partial charge in [-0.2, -0.15) is 0 Å². The molecule has 100 valence electrons. The standard InChI is InChI=1S/C15H17ClN2O/c1-10(2)19-15-8-12(17)7-14(9-15)18-13-5-3-4-11(16)6-13/h3-10,18H,17H2,1-2H3. The zero-order chi connectivity index (χ0) is 13.8. The molecule has 3 nitrogen and oxygen atoms in total. The van der Waals surface area contributed by atoms with Gasteiger partial charge in [-0.1, -0.05) is 17.7 Å². The lowest BCUT2D eigenvalue weighted by molar-refractivity contribution is 0.242. The molecule has 0 radical (unpaired) electrons. The van der Waals surface area contributed by atoms with E-state index in [-0.39, 0.29) is 6.10 Å². The van der Waals surface area contributed by atoms with Gasteiger partial charge in [-0.15, -0.1) is 0 Å². The van der Waals surface area contributed by atoms with Gasteiger partial charge >= 0.3 is 0 Å². The molecular weight excluding hydrogens is 260 g/mol. The molecule has 0 aromatic heterocycles. The van der Waals surface area contributed by atoms with E-state index in [9.17, 15) is 0 Å². The molecule has 0 spiro atoms. The topological polar surface area (TPSA) is 47.3 Å². The van der Waals surface area contributed by atoms with Gasteiger partial charge in [0.2, 0.25) is 0 Å². The first-order valence-corrected chi connectivity index (χ1v) is 6.50. The molecule has 0 aliphatic heterocycles. The Morgan fingerprint density at radius 3 is 2.58 bits per heavy atom. The van der Waals surface area contributed by atoms with Crippen LogP contribution in [-0.2, 0) is 0 Å². The van der Waals surface area contributed by atoms with Crippen molar-refractivity contribution in [3.05, 3.63) is 47.5 Å². The Labute approximate surface area is 118 Å². The van der Waals surface area contributed by atoms with Crippen molar-refractivity contribution in [2.45, 2.75) is 20.0 Å². The van der Waals surface area contributed by atoms with Gasteiger partial charge in [-0.3, -0.25) is 0 Å². The van der Waals surface area contributed by atoms with Crippen molar-refractivity contribution in [3.8, 4) is 5.75 Å². The fraction of sp³-hybridized carbons (Fsp3) is 0.200. The molecule has 0 fully saturated rings. The Kier molecular flexibility index (Phi) is 4.17. The highest BCUT2D eigenvalue weighted by molar-refractivity contribution is 6.30. The lowest BCUT2D eigenvalue weighted by Crippen LogP contribution is -2.06. The zero-order valence-corrected chi connectivity index (χ0v) is 11.7. The monoisotopic (exact) mass is 276 g/mol. The number of ether oxygens (including phenoxy) is 1. The average molecular weight is 277 g/mol. The van der Waals surface area contributed by atoms with E-state index in [1.165, 1.54) is 0 Å². The fourth-order valence-electron chi connectivity index (χ4n) is 1.77. The predicted molar refractivity (Wildman–Crippen MR) is 81.4 cm³/mol. The van der Waals surface area contributed by atoms with Crippen LogP contribution in [0, 0.1) is 0 Å². The van der Waals surface area contributed by atoms with Crippen LogP contribution >= 0.6 is 11.6 Å². The summed E-state index contributed by atoms with van der Waals surface area (Å²) in [6, 6.07) is 13.1. The number of nitrogen functional groups attached to an aromatic ring is 1. The number of rotatable bonds is 4. The number of hydrogen-bond acceptors (Lipinski definition) is 3. The van der Waals surface area contributed by atoms with Crippen molar-refractivity contribution in [2.75, 3.05) is 11.1 Å². The summed E-state index contributed by atoms with van der Waals surface area (Å²) in [5, 5.41) is 3.94. The second-order valence-corrected chi connectivity index (χ2v) is 5.03. The summed E-state index contributed by atoms with van der Waals surface area (Å²) >= 11 is 5.95. The Balaban J connectivity index is 2.22. The highest BCUT2D eigenvalue weighted by atomic mass is 35.5. The minimum absolute atomic E-state index is 0.112. The largest absolute Gasteiger partial charge is 0.491 e. The summed E-state index contributed by atoms with van der Waals surface area (Å²) in [7, 11) is 0. The fourth-order valence-corrected chi connectivity index (χ4v) is 1.96. The van der Waals surface area contributed by atoms with E-state index in [1.807, 2.05) is 56.3 Å². The molecule has 4 heteroatoms. The number of halogens is 1. The zero-order valence-electron chi connectivity index (χ0n) is 11.0. The average Bonchev–Trinajstić information content (AvgIpc) is 2.26. The van der Waals surface area contributed by atoms with Crippen molar-refractivity contribution in [2.24, 2.45) is 0 Å². The SMILES string of the molecule is CC(C)Oc1cc(N)cc(Nc2cccc(Cl)c2)c1. The third-order valence-electron chi connectivity index (χ3n) is 2.41. The maximum Gasteiger partial charge on any atom is 0.123 e. The van der Waals surface area contributed by atoms with Crippen LogP contribution in [0.15, 0.2) is 42.5 Å². The second-order valence-electron chi connectivity index (χ2n) is 4.59. The third-order valence-corrected chi connectivity index (χ3v) is 2.65. The lowest BCUT2D eigenvalue weighted by Gasteiger charge is -2.13. The van der Waals surface area contributed by atoms with Crippen LogP contribution in [0.4, 0.5) is 17.1 Å². The van der Waals surface area contributed by atoms with Gasteiger partial charge in [-0.05, 0) is 38.1 Å². The van der Waals surface area contributed by atoms with Crippen LogP contribution in [0.1, 0.15) is 13.8 Å². The smallest absolute Gasteiger partial charge is 0.123 e. The van der Waals surface area contributed by atoms with Gasteiger partial charge in [0.05, 0.1) is 6.10 Å². The number of nitrogens with one attached hydrogen (secondary N) is 1. The van der Waals surface area contributed by atoms with E-state index in [1.54, 1.807) is 0 Å². The van der Waals surface area contributed by atoms with Crippen LogP contribution in [-0.4, -0.2) is 6.10 Å². The maximum absolute atomic E-state index is 5.95. The Morgan fingerprint density at radius 2 is 1.89 bits per heavy atom. The number of anilines is 3. The minimum atomic E-state index is 0.112. The number of hydrogen-bond donors (Lipinski definition) is 2. The molecule has 0 aliphatic rings. The van der Waals surface area contributed by atoms with Gasteiger partial charge < -0.3 is 15.8 Å². The summed E-state index contributed by atoms with van der Waals surface area (Å²) in [5.74, 6) is 0.750. The maximum atomic E-state index is 5.95. The lowest BCUT2D eigenvalue weighted by atomic mass is 10.2. The van der Waals surface area contributed by atoms with Crippen LogP contribution in [0.25, 0.3) is 0 Å². The first-order valence-electron chi connectivity index (χ1n) is 6.13. The van der Waals surface area contributed by atoms with E-state index in [2.05, 4.69) is 5.32 Å². The molecule has 2 aromatic rings. The predicted octanol–water partition coefficient (Wildman–Crippen LogP) is 4.45. The van der Waals surface area contributed by atoms with Gasteiger partial charge in [0.15, 0.2) is 0 Å². The molecule has 3 N–H and O–H groups in total. The minimum Gasteiger partial charge on any atom is -0.491 e. The number of benzene rings is 2. The summed E-state index contributed by atoms with van der Waals surface area (Å²) in [6.07, 6.45) is 0.112. The summed E-state index contributed by atoms with van der Waals surface area (Å²) in [4.78, 5) is 0. The second kappa shape index (κ2) is 5.85. The summed E-state index contributed by atoms with van der Waals surface area (Å²) in [6.45, 7) is 3.96. The Hall–Kier alpha value is -1.87. The van der Waals surface area contributed by atoms with E-state index in [0.29, 0.717) is 10.7 Å². The van der Waals surface area contributed by atoms with Crippen molar-refractivity contribution in [1.82, 2.24) is 0 Å². The van der Waals surface area contributed by atoms with E-state index < -0.39 is 0 Å². The first kappa shape index (κ1) is 13.6. The van der Waals surface area contributed by atoms with Crippen LogP contribution in [0.2, 0.25) is 5.02 Å². The van der Waals surface area contributed by atoms with Crippen molar-refractivity contribution in [3.63, 3.8) is 0 Å². The molecule has 0 aliphatic carbocycles. The first-order chi connectivity index (χ1) is 9.02. The molecule has 2 aromatic carbocycles. The molecule has 0 atom stereocenters. The molecule has 0 heterocycles. The molecular formula is C15H17ClN2O. The van der Waals surface area contributed by atoms with Crippen molar-refractivity contribution >= 4 is 28.7 Å². The highest BCUT2D eigenvalue weighted by Crippen LogP contribution is 2.27. The molecule has 0 amide bonds.